The van der Waals surface area contributed by atoms with Crippen LogP contribution < -0.4 is 9.64 Å². The fraction of sp³-hybridized carbons (Fsp3) is 0.472. The molecule has 254 valence electrons. The SMILES string of the molecule is Oc1cc2c3c(c(F)ccc3c1)CCCc1nc(no1)CC1CCCN(C1)c1nc(OC[C@@]34CCCN3C[C@H](F)C4)nc3c(F)c-2ncc13. The summed E-state index contributed by atoms with van der Waals surface area (Å²) in [6, 6.07) is 5.89. The van der Waals surface area contributed by atoms with Crippen molar-refractivity contribution in [1.82, 2.24) is 30.0 Å². The van der Waals surface area contributed by atoms with Gasteiger partial charge < -0.3 is 19.3 Å². The summed E-state index contributed by atoms with van der Waals surface area (Å²) in [5.41, 5.74) is 0.149. The monoisotopic (exact) mass is 671 g/mol. The first kappa shape index (κ1) is 30.5. The summed E-state index contributed by atoms with van der Waals surface area (Å²) in [6.07, 6.45) is 6.51. The summed E-state index contributed by atoms with van der Waals surface area (Å²) >= 11 is 0. The number of piperidine rings is 1. The zero-order valence-corrected chi connectivity index (χ0v) is 27.0. The lowest BCUT2D eigenvalue weighted by Crippen LogP contribution is -2.43. The molecule has 3 fully saturated rings. The average molecular weight is 672 g/mol. The van der Waals surface area contributed by atoms with Gasteiger partial charge in [0, 0.05) is 50.7 Å². The molecule has 49 heavy (non-hydrogen) atoms. The van der Waals surface area contributed by atoms with Gasteiger partial charge in [0.1, 0.15) is 41.4 Å². The maximum Gasteiger partial charge on any atom is 0.319 e. The minimum Gasteiger partial charge on any atom is -0.508 e. The van der Waals surface area contributed by atoms with Gasteiger partial charge in [0.15, 0.2) is 11.6 Å². The molecule has 8 heterocycles. The summed E-state index contributed by atoms with van der Waals surface area (Å²) in [5, 5.41) is 16.4. The first-order valence-corrected chi connectivity index (χ1v) is 17.2. The van der Waals surface area contributed by atoms with E-state index in [0.29, 0.717) is 91.0 Å². The Balaban J connectivity index is 1.22. The van der Waals surface area contributed by atoms with Crippen molar-refractivity contribution in [3.05, 3.63) is 59.4 Å². The molecule has 10 rings (SSSR count). The number of nitrogens with zero attached hydrogens (tertiary/aromatic N) is 7. The summed E-state index contributed by atoms with van der Waals surface area (Å²) in [5.74, 6) is 0.544. The Kier molecular flexibility index (Phi) is 7.36. The molecule has 0 aliphatic carbocycles. The summed E-state index contributed by atoms with van der Waals surface area (Å²) in [7, 11) is 0. The topological polar surface area (TPSA) is 114 Å². The molecule has 0 amide bonds. The van der Waals surface area contributed by atoms with Crippen LogP contribution in [0.25, 0.3) is 32.9 Å². The number of benzene rings is 2. The second-order valence-corrected chi connectivity index (χ2v) is 14.1. The Labute approximate surface area is 280 Å². The third kappa shape index (κ3) is 5.33. The predicted octanol–water partition coefficient (Wildman–Crippen LogP) is 6.11. The molecule has 8 bridgehead atoms. The van der Waals surface area contributed by atoms with Crippen LogP contribution in [0.2, 0.25) is 0 Å². The van der Waals surface area contributed by atoms with E-state index in [2.05, 4.69) is 29.9 Å². The van der Waals surface area contributed by atoms with Gasteiger partial charge in [-0.25, -0.2) is 13.2 Å². The Morgan fingerprint density at radius 3 is 2.88 bits per heavy atom. The number of rotatable bonds is 3. The zero-order chi connectivity index (χ0) is 33.3. The number of pyridine rings is 1. The Morgan fingerprint density at radius 1 is 1.04 bits per heavy atom. The second kappa shape index (κ2) is 11.8. The van der Waals surface area contributed by atoms with Crippen LogP contribution in [0.15, 0.2) is 35.0 Å². The molecular formula is C36H36F3N7O3. The molecular weight excluding hydrogens is 635 g/mol. The highest BCUT2D eigenvalue weighted by Crippen LogP contribution is 2.42. The van der Waals surface area contributed by atoms with E-state index in [-0.39, 0.29) is 41.1 Å². The highest BCUT2D eigenvalue weighted by molar-refractivity contribution is 6.01. The maximum absolute atomic E-state index is 17.0. The number of aromatic hydroxyl groups is 1. The second-order valence-electron chi connectivity index (χ2n) is 14.1. The van der Waals surface area contributed by atoms with Gasteiger partial charge in [-0.1, -0.05) is 11.2 Å². The van der Waals surface area contributed by atoms with Gasteiger partial charge >= 0.3 is 6.01 Å². The van der Waals surface area contributed by atoms with E-state index in [9.17, 15) is 9.50 Å². The van der Waals surface area contributed by atoms with Crippen LogP contribution in [0.3, 0.4) is 0 Å². The standard InChI is InChI=1S/C36H36F3N7O3/c37-22-15-36(9-3-11-46(36)18-22)19-48-35-42-33-26-16-40-32(31(33)39)25-14-23(47)13-21-7-8-27(38)24(30(21)25)5-1-6-29-41-28(44-49-29)12-20-4-2-10-45(17-20)34(26)43-35/h7-8,13-14,16,20,22,47H,1-6,9-12,15,17-19H2/t20?,22-,36+/m1/s1. The molecule has 1 unspecified atom stereocenters. The van der Waals surface area contributed by atoms with Crippen LogP contribution in [-0.2, 0) is 19.3 Å². The van der Waals surface area contributed by atoms with Crippen LogP contribution in [0.1, 0.15) is 55.8 Å². The maximum atomic E-state index is 17.0. The molecule has 3 aromatic heterocycles. The van der Waals surface area contributed by atoms with Crippen molar-refractivity contribution in [3.8, 4) is 23.0 Å². The van der Waals surface area contributed by atoms with E-state index in [1.165, 1.54) is 18.2 Å². The molecule has 0 radical (unpaired) electrons. The summed E-state index contributed by atoms with van der Waals surface area (Å²) in [4.78, 5) is 23.0. The lowest BCUT2D eigenvalue weighted by atomic mass is 9.92. The van der Waals surface area contributed by atoms with Gasteiger partial charge in [0.25, 0.3) is 0 Å². The van der Waals surface area contributed by atoms with E-state index in [1.54, 1.807) is 12.3 Å². The largest absolute Gasteiger partial charge is 0.508 e. The van der Waals surface area contributed by atoms with Crippen molar-refractivity contribution in [2.24, 2.45) is 5.92 Å². The minimum absolute atomic E-state index is 0.00826. The van der Waals surface area contributed by atoms with Crippen LogP contribution in [0.4, 0.5) is 19.0 Å². The van der Waals surface area contributed by atoms with Crippen LogP contribution >= 0.6 is 0 Å². The van der Waals surface area contributed by atoms with Crippen molar-refractivity contribution in [2.75, 3.05) is 37.7 Å². The molecule has 1 N–H and O–H groups in total. The molecule has 5 aliphatic heterocycles. The molecule has 3 atom stereocenters. The van der Waals surface area contributed by atoms with Crippen molar-refractivity contribution in [2.45, 2.75) is 69.5 Å². The molecule has 0 spiro atoms. The minimum atomic E-state index is -0.921. The first-order chi connectivity index (χ1) is 23.8. The number of halogens is 3. The summed E-state index contributed by atoms with van der Waals surface area (Å²) < 4.78 is 59.0. The lowest BCUT2D eigenvalue weighted by molar-refractivity contribution is 0.107. The van der Waals surface area contributed by atoms with Gasteiger partial charge in [0.2, 0.25) is 5.89 Å². The third-order valence-electron chi connectivity index (χ3n) is 10.9. The molecule has 5 aliphatic rings. The normalized spacial score (nSPS) is 24.1. The molecule has 0 saturated carbocycles. The fourth-order valence-corrected chi connectivity index (χ4v) is 8.67. The molecule has 5 aromatic rings. The number of alkyl halides is 1. The van der Waals surface area contributed by atoms with Gasteiger partial charge in [-0.15, -0.1) is 0 Å². The Bertz CT molecular complexity index is 2090. The number of aromatic nitrogens is 5. The number of hydrogen-bond donors (Lipinski definition) is 1. The van der Waals surface area contributed by atoms with Crippen molar-refractivity contribution in [3.63, 3.8) is 0 Å². The van der Waals surface area contributed by atoms with Crippen molar-refractivity contribution >= 4 is 27.5 Å². The van der Waals surface area contributed by atoms with Crippen LogP contribution in [0, 0.1) is 17.6 Å². The average Bonchev–Trinajstić information content (AvgIpc) is 3.78. The third-order valence-corrected chi connectivity index (χ3v) is 10.9. The predicted molar refractivity (Wildman–Crippen MR) is 175 cm³/mol. The Hall–Kier alpha value is -4.52. The van der Waals surface area contributed by atoms with E-state index >= 15 is 8.78 Å². The lowest BCUT2D eigenvalue weighted by Gasteiger charge is -2.34. The number of phenols is 1. The number of hydrogen-bond acceptors (Lipinski definition) is 10. The fourth-order valence-electron chi connectivity index (χ4n) is 8.67. The van der Waals surface area contributed by atoms with Crippen molar-refractivity contribution < 1.29 is 27.5 Å². The van der Waals surface area contributed by atoms with Crippen LogP contribution in [-0.4, -0.2) is 79.6 Å². The van der Waals surface area contributed by atoms with Gasteiger partial charge in [-0.3, -0.25) is 9.88 Å². The van der Waals surface area contributed by atoms with E-state index < -0.39 is 23.3 Å². The van der Waals surface area contributed by atoms with E-state index in [0.717, 1.165) is 32.2 Å². The smallest absolute Gasteiger partial charge is 0.319 e. The van der Waals surface area contributed by atoms with E-state index in [4.69, 9.17) is 14.2 Å². The number of fused-ring (bicyclic) bond motifs is 4. The summed E-state index contributed by atoms with van der Waals surface area (Å²) in [6.45, 7) is 2.70. The molecule has 10 nitrogen and oxygen atoms in total. The molecule has 13 heteroatoms. The Morgan fingerprint density at radius 2 is 1.96 bits per heavy atom. The number of phenolic OH excluding ortho intramolecular Hbond substituents is 1. The quantitative estimate of drug-likeness (QED) is 0.241. The zero-order valence-electron chi connectivity index (χ0n) is 27.0. The van der Waals surface area contributed by atoms with Gasteiger partial charge in [-0.05, 0) is 85.5 Å². The molecule has 2 aromatic carbocycles. The van der Waals surface area contributed by atoms with E-state index in [1.807, 2.05) is 0 Å². The number of anilines is 1. The number of ether oxygens (including phenoxy) is 1. The molecule has 3 saturated heterocycles. The number of aryl methyl sites for hydroxylation is 2. The van der Waals surface area contributed by atoms with Gasteiger partial charge in [0.05, 0.1) is 10.9 Å². The first-order valence-electron chi connectivity index (χ1n) is 17.2. The van der Waals surface area contributed by atoms with Crippen molar-refractivity contribution in [1.29, 1.82) is 0 Å². The van der Waals surface area contributed by atoms with Gasteiger partial charge in [-0.2, -0.15) is 15.0 Å². The van der Waals surface area contributed by atoms with Crippen LogP contribution in [0.5, 0.6) is 11.8 Å². The highest BCUT2D eigenvalue weighted by atomic mass is 19.1. The highest BCUT2D eigenvalue weighted by Gasteiger charge is 2.49.